The Balaban J connectivity index is 1.59. The van der Waals surface area contributed by atoms with Crippen molar-refractivity contribution in [2.24, 2.45) is 0 Å². The highest BCUT2D eigenvalue weighted by Gasteiger charge is 2.14. The molecule has 32 heavy (non-hydrogen) atoms. The first kappa shape index (κ1) is 22.9. The standard InChI is InChI=1S/C24H21N3O4S/c1-17(28)20-8-12-23(13-9-20)32(30,31)26-16-19-2-6-21(7-3-19)24(29)27-22-10-4-18(5-11-22)14-15-25/h2-13,26H,14,16H2,1H3,(H,27,29). The first-order chi connectivity index (χ1) is 15.3. The number of carbonyl (C=O) groups is 2. The molecule has 0 aliphatic heterocycles. The SMILES string of the molecule is CC(=O)c1ccc(S(=O)(=O)NCc2ccc(C(=O)Nc3ccc(CC#N)cc3)cc2)cc1. The Bertz CT molecular complexity index is 1260. The van der Waals surface area contributed by atoms with Gasteiger partial charge in [0.1, 0.15) is 0 Å². The Labute approximate surface area is 186 Å². The Hall–Kier alpha value is -3.80. The lowest BCUT2D eigenvalue weighted by Gasteiger charge is -2.09. The molecule has 0 unspecified atom stereocenters. The number of sulfonamides is 1. The number of ketones is 1. The minimum absolute atomic E-state index is 0.0546. The highest BCUT2D eigenvalue weighted by Crippen LogP contribution is 2.14. The average Bonchev–Trinajstić information content (AvgIpc) is 2.79. The van der Waals surface area contributed by atoms with Crippen LogP contribution in [0.15, 0.2) is 77.7 Å². The molecule has 0 saturated carbocycles. The summed E-state index contributed by atoms with van der Waals surface area (Å²) in [5.74, 6) is -0.433. The molecule has 0 heterocycles. The lowest BCUT2D eigenvalue weighted by atomic mass is 10.1. The first-order valence-corrected chi connectivity index (χ1v) is 11.2. The molecule has 7 nitrogen and oxygen atoms in total. The third-order valence-electron chi connectivity index (χ3n) is 4.75. The summed E-state index contributed by atoms with van der Waals surface area (Å²) < 4.78 is 27.4. The maximum atomic E-state index is 12.5. The van der Waals surface area contributed by atoms with Crippen molar-refractivity contribution in [2.75, 3.05) is 5.32 Å². The summed E-state index contributed by atoms with van der Waals surface area (Å²) in [4.78, 5) is 23.8. The molecular weight excluding hydrogens is 426 g/mol. The quantitative estimate of drug-likeness (QED) is 0.511. The van der Waals surface area contributed by atoms with Crippen LogP contribution in [0.25, 0.3) is 0 Å². The number of Topliss-reactive ketones (excluding diaryl/α,β-unsaturated/α-hetero) is 1. The van der Waals surface area contributed by atoms with Crippen molar-refractivity contribution in [3.8, 4) is 6.07 Å². The Morgan fingerprint density at radius 2 is 1.41 bits per heavy atom. The van der Waals surface area contributed by atoms with Gasteiger partial charge in [0.25, 0.3) is 5.91 Å². The molecule has 162 valence electrons. The van der Waals surface area contributed by atoms with Crippen LogP contribution in [0.1, 0.15) is 38.8 Å². The van der Waals surface area contributed by atoms with E-state index in [2.05, 4.69) is 16.1 Å². The van der Waals surface area contributed by atoms with Gasteiger partial charge in [0.15, 0.2) is 5.78 Å². The maximum Gasteiger partial charge on any atom is 0.255 e. The van der Waals surface area contributed by atoms with E-state index in [1.807, 2.05) is 0 Å². The molecule has 0 aliphatic carbocycles. The van der Waals surface area contributed by atoms with Crippen molar-refractivity contribution in [1.29, 1.82) is 5.26 Å². The van der Waals surface area contributed by atoms with Gasteiger partial charge in [-0.2, -0.15) is 5.26 Å². The molecule has 0 bridgehead atoms. The summed E-state index contributed by atoms with van der Waals surface area (Å²) in [6.45, 7) is 1.47. The number of anilines is 1. The van der Waals surface area contributed by atoms with Gasteiger partial charge in [-0.1, -0.05) is 36.4 Å². The molecule has 3 aromatic rings. The van der Waals surface area contributed by atoms with Crippen molar-refractivity contribution in [3.63, 3.8) is 0 Å². The molecule has 0 saturated heterocycles. The van der Waals surface area contributed by atoms with Gasteiger partial charge in [-0.15, -0.1) is 0 Å². The van der Waals surface area contributed by atoms with E-state index < -0.39 is 10.0 Å². The lowest BCUT2D eigenvalue weighted by molar-refractivity contribution is 0.101. The van der Waals surface area contributed by atoms with Crippen LogP contribution < -0.4 is 10.0 Å². The molecule has 3 aromatic carbocycles. The van der Waals surface area contributed by atoms with E-state index in [1.54, 1.807) is 48.5 Å². The zero-order valence-electron chi connectivity index (χ0n) is 17.3. The molecule has 0 fully saturated rings. The van der Waals surface area contributed by atoms with Crippen molar-refractivity contribution in [2.45, 2.75) is 24.8 Å². The summed E-state index contributed by atoms with van der Waals surface area (Å²) in [6, 6.07) is 21.4. The number of nitriles is 1. The topological polar surface area (TPSA) is 116 Å². The fraction of sp³-hybridized carbons (Fsp3) is 0.125. The van der Waals surface area contributed by atoms with Gasteiger partial charge in [0, 0.05) is 23.4 Å². The van der Waals surface area contributed by atoms with E-state index in [1.165, 1.54) is 31.2 Å². The van der Waals surface area contributed by atoms with Crippen molar-refractivity contribution >= 4 is 27.4 Å². The molecule has 1 amide bonds. The first-order valence-electron chi connectivity index (χ1n) is 9.75. The number of benzene rings is 3. The van der Waals surface area contributed by atoms with Gasteiger partial charge < -0.3 is 5.32 Å². The van der Waals surface area contributed by atoms with E-state index >= 15 is 0 Å². The summed E-state index contributed by atoms with van der Waals surface area (Å²) in [6.07, 6.45) is 0.309. The normalized spacial score (nSPS) is 10.9. The van der Waals surface area contributed by atoms with Gasteiger partial charge >= 0.3 is 0 Å². The van der Waals surface area contributed by atoms with Gasteiger partial charge in [-0.05, 0) is 54.4 Å². The zero-order valence-corrected chi connectivity index (χ0v) is 18.1. The second kappa shape index (κ2) is 10.0. The number of hydrogen-bond donors (Lipinski definition) is 2. The molecule has 0 atom stereocenters. The fourth-order valence-electron chi connectivity index (χ4n) is 2.90. The summed E-state index contributed by atoms with van der Waals surface area (Å²) in [7, 11) is -3.74. The molecule has 0 aliphatic rings. The minimum atomic E-state index is -3.74. The molecule has 0 spiro atoms. The molecule has 0 radical (unpaired) electrons. The van der Waals surface area contributed by atoms with Crippen LogP contribution in [0, 0.1) is 11.3 Å². The van der Waals surface area contributed by atoms with Crippen molar-refractivity contribution in [3.05, 3.63) is 95.1 Å². The van der Waals surface area contributed by atoms with E-state index in [4.69, 9.17) is 5.26 Å². The van der Waals surface area contributed by atoms with E-state index in [9.17, 15) is 18.0 Å². The second-order valence-corrected chi connectivity index (χ2v) is 8.85. The Kier molecular flexibility index (Phi) is 7.15. The minimum Gasteiger partial charge on any atom is -0.322 e. The average molecular weight is 448 g/mol. The molecule has 3 rings (SSSR count). The maximum absolute atomic E-state index is 12.5. The number of nitrogens with zero attached hydrogens (tertiary/aromatic N) is 1. The van der Waals surface area contributed by atoms with E-state index in [0.29, 0.717) is 28.8 Å². The number of carbonyl (C=O) groups excluding carboxylic acids is 2. The van der Waals surface area contributed by atoms with Gasteiger partial charge in [0.05, 0.1) is 17.4 Å². The van der Waals surface area contributed by atoms with Crippen LogP contribution in [0.3, 0.4) is 0 Å². The van der Waals surface area contributed by atoms with Crippen LogP contribution in [0.5, 0.6) is 0 Å². The summed E-state index contributed by atoms with van der Waals surface area (Å²) in [5.41, 5.74) is 3.04. The van der Waals surface area contributed by atoms with Crippen LogP contribution in [0.2, 0.25) is 0 Å². The molecular formula is C24H21N3O4S. The predicted molar refractivity (Wildman–Crippen MR) is 121 cm³/mol. The monoisotopic (exact) mass is 447 g/mol. The molecule has 2 N–H and O–H groups in total. The lowest BCUT2D eigenvalue weighted by Crippen LogP contribution is -2.23. The largest absolute Gasteiger partial charge is 0.322 e. The zero-order chi connectivity index (χ0) is 23.1. The van der Waals surface area contributed by atoms with Gasteiger partial charge in [-0.25, -0.2) is 13.1 Å². The number of rotatable bonds is 8. The number of hydrogen-bond acceptors (Lipinski definition) is 5. The summed E-state index contributed by atoms with van der Waals surface area (Å²) >= 11 is 0. The number of nitrogens with one attached hydrogen (secondary N) is 2. The van der Waals surface area contributed by atoms with E-state index in [-0.39, 0.29) is 23.1 Å². The van der Waals surface area contributed by atoms with Crippen LogP contribution in [0.4, 0.5) is 5.69 Å². The highest BCUT2D eigenvalue weighted by molar-refractivity contribution is 7.89. The second-order valence-electron chi connectivity index (χ2n) is 7.09. The molecule has 8 heteroatoms. The van der Waals surface area contributed by atoms with Crippen LogP contribution >= 0.6 is 0 Å². The fourth-order valence-corrected chi connectivity index (χ4v) is 3.92. The number of amides is 1. The van der Waals surface area contributed by atoms with E-state index in [0.717, 1.165) is 5.56 Å². The van der Waals surface area contributed by atoms with Crippen molar-refractivity contribution in [1.82, 2.24) is 4.72 Å². The third kappa shape index (κ3) is 5.88. The van der Waals surface area contributed by atoms with Crippen LogP contribution in [-0.2, 0) is 23.0 Å². The Morgan fingerprint density at radius 1 is 0.844 bits per heavy atom. The smallest absolute Gasteiger partial charge is 0.255 e. The summed E-state index contributed by atoms with van der Waals surface area (Å²) in [5, 5.41) is 11.5. The Morgan fingerprint density at radius 3 is 1.97 bits per heavy atom. The van der Waals surface area contributed by atoms with Crippen molar-refractivity contribution < 1.29 is 18.0 Å². The predicted octanol–water partition coefficient (Wildman–Crippen LogP) is 3.69. The van der Waals surface area contributed by atoms with Crippen LogP contribution in [-0.4, -0.2) is 20.1 Å². The van der Waals surface area contributed by atoms with Gasteiger partial charge in [-0.3, -0.25) is 9.59 Å². The van der Waals surface area contributed by atoms with Gasteiger partial charge in [0.2, 0.25) is 10.0 Å². The molecule has 0 aromatic heterocycles. The third-order valence-corrected chi connectivity index (χ3v) is 6.17. The highest BCUT2D eigenvalue weighted by atomic mass is 32.2.